The van der Waals surface area contributed by atoms with Crippen molar-refractivity contribution in [2.75, 3.05) is 13.4 Å². The van der Waals surface area contributed by atoms with Crippen molar-refractivity contribution in [3.63, 3.8) is 0 Å². The van der Waals surface area contributed by atoms with E-state index in [1.807, 2.05) is 18.2 Å². The molecular formula is C13H16N2O4. The van der Waals surface area contributed by atoms with Gasteiger partial charge < -0.3 is 25.2 Å². The normalized spacial score (nSPS) is 19.3. The van der Waals surface area contributed by atoms with Crippen molar-refractivity contribution in [3.8, 4) is 17.2 Å². The van der Waals surface area contributed by atoms with Gasteiger partial charge in [-0.1, -0.05) is 5.16 Å². The van der Waals surface area contributed by atoms with Gasteiger partial charge in [0.25, 0.3) is 0 Å². The van der Waals surface area contributed by atoms with Gasteiger partial charge in [0, 0.05) is 17.9 Å². The van der Waals surface area contributed by atoms with Crippen LogP contribution in [0.15, 0.2) is 23.4 Å². The summed E-state index contributed by atoms with van der Waals surface area (Å²) in [5.41, 5.74) is 5.57. The molecule has 6 heteroatoms. The molecule has 102 valence electrons. The molecule has 0 bridgehead atoms. The summed E-state index contributed by atoms with van der Waals surface area (Å²) in [6.07, 6.45) is 2.63. The lowest BCUT2D eigenvalue weighted by molar-refractivity contribution is 0.173. The molecular weight excluding hydrogens is 248 g/mol. The molecule has 1 aromatic carbocycles. The van der Waals surface area contributed by atoms with Crippen molar-refractivity contribution in [1.82, 2.24) is 0 Å². The Morgan fingerprint density at radius 1 is 1.37 bits per heavy atom. The fraction of sp³-hybridized carbons (Fsp3) is 0.462. The van der Waals surface area contributed by atoms with Gasteiger partial charge in [-0.3, -0.25) is 0 Å². The number of hydrogen-bond acceptors (Lipinski definition) is 5. The lowest BCUT2D eigenvalue weighted by Crippen LogP contribution is -2.22. The van der Waals surface area contributed by atoms with Crippen molar-refractivity contribution in [2.45, 2.75) is 19.3 Å². The second kappa shape index (κ2) is 4.53. The summed E-state index contributed by atoms with van der Waals surface area (Å²) in [5, 5.41) is 11.6. The van der Waals surface area contributed by atoms with E-state index < -0.39 is 0 Å². The van der Waals surface area contributed by atoms with Gasteiger partial charge in [0.1, 0.15) is 11.6 Å². The summed E-state index contributed by atoms with van der Waals surface area (Å²) in [7, 11) is 0. The van der Waals surface area contributed by atoms with Crippen LogP contribution in [0.3, 0.4) is 0 Å². The molecule has 19 heavy (non-hydrogen) atoms. The van der Waals surface area contributed by atoms with Gasteiger partial charge in [-0.15, -0.1) is 0 Å². The van der Waals surface area contributed by atoms with Gasteiger partial charge >= 0.3 is 0 Å². The molecule has 0 amide bonds. The molecule has 0 aromatic heterocycles. The number of nitrogens with zero attached hydrogens (tertiary/aromatic N) is 1. The fourth-order valence-electron chi connectivity index (χ4n) is 2.17. The van der Waals surface area contributed by atoms with Crippen molar-refractivity contribution in [2.24, 2.45) is 16.3 Å². The van der Waals surface area contributed by atoms with E-state index in [2.05, 4.69) is 5.16 Å². The van der Waals surface area contributed by atoms with Crippen molar-refractivity contribution in [3.05, 3.63) is 18.2 Å². The predicted octanol–water partition coefficient (Wildman–Crippen LogP) is 1.71. The second-order valence-electron chi connectivity index (χ2n) is 5.07. The highest BCUT2D eigenvalue weighted by Crippen LogP contribution is 2.49. The Bertz CT molecular complexity index is 511. The summed E-state index contributed by atoms with van der Waals surface area (Å²) in [6, 6.07) is 5.51. The third kappa shape index (κ3) is 2.52. The summed E-state index contributed by atoms with van der Waals surface area (Å²) in [6.45, 7) is 0.815. The van der Waals surface area contributed by atoms with Gasteiger partial charge in [0.2, 0.25) is 6.79 Å². The Labute approximate surface area is 110 Å². The van der Waals surface area contributed by atoms with Crippen LogP contribution in [0.2, 0.25) is 0 Å². The van der Waals surface area contributed by atoms with E-state index in [9.17, 15) is 0 Å². The highest BCUT2D eigenvalue weighted by atomic mass is 16.7. The number of hydrogen-bond donors (Lipinski definition) is 2. The SMILES string of the molecule is NC(CC1(COc2ccc3c(c2)OCO3)CC1)=NO. The molecule has 3 rings (SSSR count). The molecule has 0 unspecified atom stereocenters. The standard InChI is InChI=1S/C13H16N2O4/c14-12(15-16)6-13(3-4-13)7-17-9-1-2-10-11(5-9)19-8-18-10/h1-2,5,16H,3-4,6-8H2,(H2,14,15). The van der Waals surface area contributed by atoms with E-state index in [0.29, 0.717) is 18.8 Å². The van der Waals surface area contributed by atoms with Gasteiger partial charge in [-0.25, -0.2) is 0 Å². The second-order valence-corrected chi connectivity index (χ2v) is 5.07. The first-order valence-corrected chi connectivity index (χ1v) is 6.20. The minimum Gasteiger partial charge on any atom is -0.493 e. The monoisotopic (exact) mass is 264 g/mol. The van der Waals surface area contributed by atoms with Crippen LogP contribution in [0, 0.1) is 5.41 Å². The van der Waals surface area contributed by atoms with Crippen molar-refractivity contribution in [1.29, 1.82) is 0 Å². The van der Waals surface area contributed by atoms with Crippen LogP contribution in [-0.2, 0) is 0 Å². The average molecular weight is 264 g/mol. The Morgan fingerprint density at radius 3 is 2.89 bits per heavy atom. The van der Waals surface area contributed by atoms with Crippen molar-refractivity contribution < 1.29 is 19.4 Å². The molecule has 0 atom stereocenters. The molecule has 6 nitrogen and oxygen atoms in total. The highest BCUT2D eigenvalue weighted by Gasteiger charge is 2.44. The predicted molar refractivity (Wildman–Crippen MR) is 67.8 cm³/mol. The van der Waals surface area contributed by atoms with E-state index >= 15 is 0 Å². The smallest absolute Gasteiger partial charge is 0.231 e. The fourth-order valence-corrected chi connectivity index (χ4v) is 2.17. The quantitative estimate of drug-likeness (QED) is 0.366. The van der Waals surface area contributed by atoms with Gasteiger partial charge in [0.05, 0.1) is 6.61 Å². The minimum absolute atomic E-state index is 0.0205. The van der Waals surface area contributed by atoms with Crippen LogP contribution in [0.4, 0.5) is 0 Å². The Hall–Kier alpha value is -2.11. The Kier molecular flexibility index (Phi) is 2.85. The maximum atomic E-state index is 8.61. The molecule has 1 heterocycles. The molecule has 3 N–H and O–H groups in total. The Morgan fingerprint density at radius 2 is 2.16 bits per heavy atom. The highest BCUT2D eigenvalue weighted by molar-refractivity contribution is 5.80. The zero-order valence-electron chi connectivity index (χ0n) is 10.5. The van der Waals surface area contributed by atoms with E-state index in [0.717, 1.165) is 24.3 Å². The summed E-state index contributed by atoms with van der Waals surface area (Å²) < 4.78 is 16.3. The molecule has 1 saturated carbocycles. The zero-order valence-corrected chi connectivity index (χ0v) is 10.5. The first-order valence-electron chi connectivity index (χ1n) is 6.20. The number of oxime groups is 1. The van der Waals surface area contributed by atoms with E-state index in [4.69, 9.17) is 25.2 Å². The molecule has 0 saturated heterocycles. The van der Waals surface area contributed by atoms with Crippen LogP contribution < -0.4 is 19.9 Å². The minimum atomic E-state index is 0.0205. The summed E-state index contributed by atoms with van der Waals surface area (Å²) in [4.78, 5) is 0. The molecule has 0 spiro atoms. The molecule has 1 fully saturated rings. The van der Waals surface area contributed by atoms with E-state index in [1.54, 1.807) is 0 Å². The first kappa shape index (κ1) is 12.0. The third-order valence-electron chi connectivity index (χ3n) is 3.53. The van der Waals surface area contributed by atoms with Gasteiger partial charge in [0.15, 0.2) is 11.5 Å². The number of rotatable bonds is 5. The maximum Gasteiger partial charge on any atom is 0.231 e. The van der Waals surface area contributed by atoms with Crippen LogP contribution in [0.25, 0.3) is 0 Å². The van der Waals surface area contributed by atoms with E-state index in [1.165, 1.54) is 0 Å². The molecule has 0 radical (unpaired) electrons. The van der Waals surface area contributed by atoms with Gasteiger partial charge in [-0.05, 0) is 25.0 Å². The lowest BCUT2D eigenvalue weighted by atomic mass is 10.0. The maximum absolute atomic E-state index is 8.61. The van der Waals surface area contributed by atoms with Crippen molar-refractivity contribution >= 4 is 5.84 Å². The van der Waals surface area contributed by atoms with Crippen LogP contribution in [0.1, 0.15) is 19.3 Å². The first-order chi connectivity index (χ1) is 9.21. The van der Waals surface area contributed by atoms with Gasteiger partial charge in [-0.2, -0.15) is 0 Å². The zero-order chi connectivity index (χ0) is 13.3. The topological polar surface area (TPSA) is 86.3 Å². The number of amidine groups is 1. The summed E-state index contributed by atoms with van der Waals surface area (Å²) in [5.74, 6) is 2.45. The summed E-state index contributed by atoms with van der Waals surface area (Å²) >= 11 is 0. The number of benzene rings is 1. The third-order valence-corrected chi connectivity index (χ3v) is 3.53. The number of nitrogens with two attached hydrogens (primary N) is 1. The average Bonchev–Trinajstić information content (AvgIpc) is 3.02. The molecule has 1 aliphatic carbocycles. The number of fused-ring (bicyclic) bond motifs is 1. The number of ether oxygens (including phenoxy) is 3. The molecule has 1 aromatic rings. The van der Waals surface area contributed by atoms with E-state index in [-0.39, 0.29) is 18.0 Å². The Balaban J connectivity index is 1.60. The molecule has 1 aliphatic heterocycles. The lowest BCUT2D eigenvalue weighted by Gasteiger charge is -2.15. The van der Waals surface area contributed by atoms with Crippen LogP contribution in [-0.4, -0.2) is 24.4 Å². The molecule has 2 aliphatic rings. The van der Waals surface area contributed by atoms with Crippen LogP contribution in [0.5, 0.6) is 17.2 Å². The van der Waals surface area contributed by atoms with Crippen LogP contribution >= 0.6 is 0 Å². The largest absolute Gasteiger partial charge is 0.493 e.